The van der Waals surface area contributed by atoms with Crippen LogP contribution < -0.4 is 5.73 Å². The molecule has 0 aliphatic carbocycles. The van der Waals surface area contributed by atoms with E-state index < -0.39 is 0 Å². The van der Waals surface area contributed by atoms with Gasteiger partial charge < -0.3 is 15.6 Å². The molecule has 0 radical (unpaired) electrons. The number of hydrogen-bond acceptors (Lipinski definition) is 4. The van der Waals surface area contributed by atoms with Gasteiger partial charge in [-0.3, -0.25) is 4.90 Å². The van der Waals surface area contributed by atoms with Crippen molar-refractivity contribution in [1.82, 2.24) is 4.90 Å². The number of rotatable bonds is 7. The van der Waals surface area contributed by atoms with Gasteiger partial charge in [-0.15, -0.1) is 0 Å². The first-order valence-electron chi connectivity index (χ1n) is 5.54. The molecule has 0 aliphatic rings. The lowest BCUT2D eigenvalue weighted by molar-refractivity contribution is 0.127. The SMILES string of the molecule is COCCN(CCO)Cc1c(N)cccc1Cl. The lowest BCUT2D eigenvalue weighted by Gasteiger charge is -2.22. The minimum atomic E-state index is 0.105. The van der Waals surface area contributed by atoms with E-state index >= 15 is 0 Å². The van der Waals surface area contributed by atoms with Crippen LogP contribution in [0.3, 0.4) is 0 Å². The molecule has 1 rings (SSSR count). The zero-order chi connectivity index (χ0) is 12.7. The smallest absolute Gasteiger partial charge is 0.0589 e. The first-order chi connectivity index (χ1) is 8.19. The summed E-state index contributed by atoms with van der Waals surface area (Å²) in [6, 6.07) is 5.47. The standard InChI is InChI=1S/C12H19ClN2O2/c1-17-8-6-15(5-7-16)9-10-11(13)3-2-4-12(10)14/h2-4,16H,5-9,14H2,1H3. The highest BCUT2D eigenvalue weighted by Gasteiger charge is 2.10. The molecule has 0 bridgehead atoms. The molecule has 0 aromatic heterocycles. The van der Waals surface area contributed by atoms with Crippen LogP contribution in [0.2, 0.25) is 5.02 Å². The van der Waals surface area contributed by atoms with Crippen LogP contribution in [-0.4, -0.2) is 43.4 Å². The summed E-state index contributed by atoms with van der Waals surface area (Å²) in [6.07, 6.45) is 0. The van der Waals surface area contributed by atoms with E-state index in [9.17, 15) is 0 Å². The molecule has 17 heavy (non-hydrogen) atoms. The number of nitrogens with zero attached hydrogens (tertiary/aromatic N) is 1. The Morgan fingerprint density at radius 3 is 2.76 bits per heavy atom. The van der Waals surface area contributed by atoms with Crippen molar-refractivity contribution in [1.29, 1.82) is 0 Å². The molecule has 0 heterocycles. The Hall–Kier alpha value is -0.810. The quantitative estimate of drug-likeness (QED) is 0.725. The van der Waals surface area contributed by atoms with Crippen molar-refractivity contribution < 1.29 is 9.84 Å². The summed E-state index contributed by atoms with van der Waals surface area (Å²) in [6.45, 7) is 2.66. The van der Waals surface area contributed by atoms with E-state index in [4.69, 9.17) is 27.2 Å². The van der Waals surface area contributed by atoms with Crippen LogP contribution in [0.5, 0.6) is 0 Å². The monoisotopic (exact) mass is 258 g/mol. The van der Waals surface area contributed by atoms with Crippen molar-refractivity contribution in [3.63, 3.8) is 0 Å². The fourth-order valence-electron chi connectivity index (χ4n) is 1.60. The lowest BCUT2D eigenvalue weighted by atomic mass is 10.1. The number of ether oxygens (including phenoxy) is 1. The highest BCUT2D eigenvalue weighted by molar-refractivity contribution is 6.31. The Morgan fingerprint density at radius 2 is 2.18 bits per heavy atom. The third kappa shape index (κ3) is 4.52. The molecule has 1 aromatic rings. The molecule has 0 saturated carbocycles. The van der Waals surface area contributed by atoms with E-state index in [0.29, 0.717) is 30.4 Å². The van der Waals surface area contributed by atoms with Gasteiger partial charge in [-0.05, 0) is 12.1 Å². The number of methoxy groups -OCH3 is 1. The Kier molecular flexibility index (Phi) is 6.29. The molecule has 0 amide bonds. The molecule has 0 aliphatic heterocycles. The molecule has 1 aromatic carbocycles. The number of anilines is 1. The summed E-state index contributed by atoms with van der Waals surface area (Å²) in [5.41, 5.74) is 7.47. The summed E-state index contributed by atoms with van der Waals surface area (Å²) in [7, 11) is 1.65. The van der Waals surface area contributed by atoms with Gasteiger partial charge in [0.1, 0.15) is 0 Å². The lowest BCUT2D eigenvalue weighted by Crippen LogP contribution is -2.30. The number of hydrogen-bond donors (Lipinski definition) is 2. The van der Waals surface area contributed by atoms with Crippen LogP contribution in [0.4, 0.5) is 5.69 Å². The van der Waals surface area contributed by atoms with Crippen LogP contribution in [0, 0.1) is 0 Å². The number of benzene rings is 1. The summed E-state index contributed by atoms with van der Waals surface area (Å²) >= 11 is 6.11. The van der Waals surface area contributed by atoms with Crippen LogP contribution in [0.25, 0.3) is 0 Å². The van der Waals surface area contributed by atoms with Crippen LogP contribution >= 0.6 is 11.6 Å². The number of aliphatic hydroxyl groups excluding tert-OH is 1. The molecule has 0 spiro atoms. The average molecular weight is 259 g/mol. The summed E-state index contributed by atoms with van der Waals surface area (Å²) in [5.74, 6) is 0. The van der Waals surface area contributed by atoms with Crippen LogP contribution in [0.15, 0.2) is 18.2 Å². The fourth-order valence-corrected chi connectivity index (χ4v) is 1.84. The summed E-state index contributed by atoms with van der Waals surface area (Å²) < 4.78 is 5.03. The van der Waals surface area contributed by atoms with Crippen molar-refractivity contribution in [2.45, 2.75) is 6.54 Å². The second kappa shape index (κ2) is 7.50. The second-order valence-electron chi connectivity index (χ2n) is 3.80. The normalized spacial score (nSPS) is 11.1. The van der Waals surface area contributed by atoms with Gasteiger partial charge in [-0.1, -0.05) is 17.7 Å². The first-order valence-corrected chi connectivity index (χ1v) is 5.92. The van der Waals surface area contributed by atoms with Crippen molar-refractivity contribution in [3.05, 3.63) is 28.8 Å². The van der Waals surface area contributed by atoms with Gasteiger partial charge in [0, 0.05) is 43.0 Å². The van der Waals surface area contributed by atoms with Gasteiger partial charge in [-0.25, -0.2) is 0 Å². The third-order valence-electron chi connectivity index (χ3n) is 2.56. The molecule has 96 valence electrons. The Morgan fingerprint density at radius 1 is 1.41 bits per heavy atom. The minimum absolute atomic E-state index is 0.105. The maximum atomic E-state index is 9.01. The second-order valence-corrected chi connectivity index (χ2v) is 4.21. The molecule has 5 heteroatoms. The topological polar surface area (TPSA) is 58.7 Å². The largest absolute Gasteiger partial charge is 0.398 e. The first kappa shape index (κ1) is 14.3. The Bertz CT molecular complexity index is 327. The zero-order valence-electron chi connectivity index (χ0n) is 10.0. The molecular formula is C12H19ClN2O2. The highest BCUT2D eigenvalue weighted by atomic mass is 35.5. The van der Waals surface area contributed by atoms with E-state index in [2.05, 4.69) is 4.90 Å². The fraction of sp³-hybridized carbons (Fsp3) is 0.500. The van der Waals surface area contributed by atoms with Crippen molar-refractivity contribution in [2.75, 3.05) is 39.1 Å². The molecular weight excluding hydrogens is 240 g/mol. The van der Waals surface area contributed by atoms with E-state index in [0.717, 1.165) is 12.1 Å². The summed E-state index contributed by atoms with van der Waals surface area (Å²) in [5, 5.41) is 9.66. The highest BCUT2D eigenvalue weighted by Crippen LogP contribution is 2.23. The zero-order valence-corrected chi connectivity index (χ0v) is 10.8. The molecule has 4 nitrogen and oxygen atoms in total. The van der Waals surface area contributed by atoms with Gasteiger partial charge in [0.2, 0.25) is 0 Å². The number of aliphatic hydroxyl groups is 1. The van der Waals surface area contributed by atoms with E-state index in [1.54, 1.807) is 7.11 Å². The van der Waals surface area contributed by atoms with Gasteiger partial charge in [-0.2, -0.15) is 0 Å². The molecule has 0 saturated heterocycles. The minimum Gasteiger partial charge on any atom is -0.398 e. The van der Waals surface area contributed by atoms with E-state index in [1.807, 2.05) is 18.2 Å². The number of nitrogen functional groups attached to an aromatic ring is 1. The predicted molar refractivity (Wildman–Crippen MR) is 70.1 cm³/mol. The van der Waals surface area contributed by atoms with Crippen LogP contribution in [0.1, 0.15) is 5.56 Å². The van der Waals surface area contributed by atoms with Gasteiger partial charge >= 0.3 is 0 Å². The molecule has 3 N–H and O–H groups in total. The van der Waals surface area contributed by atoms with Gasteiger partial charge in [0.25, 0.3) is 0 Å². The van der Waals surface area contributed by atoms with E-state index in [-0.39, 0.29) is 6.61 Å². The predicted octanol–water partition coefficient (Wildman–Crippen LogP) is 1.36. The average Bonchev–Trinajstić information content (AvgIpc) is 2.31. The molecule has 0 atom stereocenters. The molecule has 0 unspecified atom stereocenters. The maximum Gasteiger partial charge on any atom is 0.0589 e. The van der Waals surface area contributed by atoms with Gasteiger partial charge in [0.15, 0.2) is 0 Å². The Balaban J connectivity index is 2.70. The van der Waals surface area contributed by atoms with Crippen molar-refractivity contribution >= 4 is 17.3 Å². The van der Waals surface area contributed by atoms with Crippen molar-refractivity contribution in [2.24, 2.45) is 0 Å². The maximum absolute atomic E-state index is 9.01. The third-order valence-corrected chi connectivity index (χ3v) is 2.92. The van der Waals surface area contributed by atoms with Crippen LogP contribution in [-0.2, 0) is 11.3 Å². The number of halogens is 1. The summed E-state index contributed by atoms with van der Waals surface area (Å²) in [4.78, 5) is 2.06. The number of nitrogens with two attached hydrogens (primary N) is 1. The van der Waals surface area contributed by atoms with Crippen molar-refractivity contribution in [3.8, 4) is 0 Å². The Labute approximate surface area is 107 Å². The van der Waals surface area contributed by atoms with Gasteiger partial charge in [0.05, 0.1) is 13.2 Å². The molecule has 0 fully saturated rings. The van der Waals surface area contributed by atoms with E-state index in [1.165, 1.54) is 0 Å².